The SMILES string of the molecule is O=C(O)COc1cc(C(=O)N2CCCCc3sccc32)ccc1NC(=O)c1ccccc1-c1ccccc1. The molecular weight excluding hydrogens is 500 g/mol. The molecule has 0 saturated heterocycles. The molecule has 0 aliphatic carbocycles. The number of anilines is 2. The average Bonchev–Trinajstić information content (AvgIpc) is 3.31. The lowest BCUT2D eigenvalue weighted by molar-refractivity contribution is -0.139. The fraction of sp³-hybridized carbons (Fsp3) is 0.167. The first-order valence-corrected chi connectivity index (χ1v) is 13.2. The quantitative estimate of drug-likeness (QED) is 0.303. The zero-order valence-corrected chi connectivity index (χ0v) is 21.4. The fourth-order valence-corrected chi connectivity index (χ4v) is 5.48. The molecule has 3 aromatic carbocycles. The third-order valence-corrected chi connectivity index (χ3v) is 7.35. The number of hydrogen-bond donors (Lipinski definition) is 2. The molecule has 0 bridgehead atoms. The molecule has 0 atom stereocenters. The van der Waals surface area contributed by atoms with Gasteiger partial charge in [-0.2, -0.15) is 0 Å². The lowest BCUT2D eigenvalue weighted by Crippen LogP contribution is -2.31. The van der Waals surface area contributed by atoms with E-state index in [-0.39, 0.29) is 23.3 Å². The first-order chi connectivity index (χ1) is 18.5. The van der Waals surface area contributed by atoms with Crippen molar-refractivity contribution in [3.8, 4) is 16.9 Å². The number of aryl methyl sites for hydroxylation is 1. The van der Waals surface area contributed by atoms with Crippen molar-refractivity contribution in [2.45, 2.75) is 19.3 Å². The number of amides is 2. The van der Waals surface area contributed by atoms with Crippen molar-refractivity contribution < 1.29 is 24.2 Å². The Morgan fingerprint density at radius 3 is 2.55 bits per heavy atom. The molecule has 0 fully saturated rings. The normalized spacial score (nSPS) is 12.8. The van der Waals surface area contributed by atoms with Gasteiger partial charge < -0.3 is 20.1 Å². The maximum Gasteiger partial charge on any atom is 0.341 e. The molecule has 2 amide bonds. The van der Waals surface area contributed by atoms with Crippen LogP contribution in [-0.2, 0) is 11.2 Å². The molecular formula is C30H26N2O5S. The Labute approximate surface area is 224 Å². The van der Waals surface area contributed by atoms with Crippen LogP contribution in [0.2, 0.25) is 0 Å². The zero-order chi connectivity index (χ0) is 26.5. The van der Waals surface area contributed by atoms with Gasteiger partial charge in [-0.05, 0) is 66.1 Å². The van der Waals surface area contributed by atoms with Crippen LogP contribution in [0.25, 0.3) is 11.1 Å². The van der Waals surface area contributed by atoms with Gasteiger partial charge in [-0.3, -0.25) is 9.59 Å². The number of carbonyl (C=O) groups excluding carboxylic acids is 2. The molecule has 192 valence electrons. The van der Waals surface area contributed by atoms with Gasteiger partial charge in [0.05, 0.1) is 11.4 Å². The Kier molecular flexibility index (Phi) is 7.51. The van der Waals surface area contributed by atoms with Crippen molar-refractivity contribution in [3.63, 3.8) is 0 Å². The van der Waals surface area contributed by atoms with E-state index in [0.29, 0.717) is 17.7 Å². The number of benzene rings is 3. The molecule has 0 saturated carbocycles. The highest BCUT2D eigenvalue weighted by Gasteiger charge is 2.25. The molecule has 4 aromatic rings. The average molecular weight is 527 g/mol. The predicted molar refractivity (Wildman–Crippen MR) is 148 cm³/mol. The highest BCUT2D eigenvalue weighted by molar-refractivity contribution is 7.10. The van der Waals surface area contributed by atoms with Crippen LogP contribution in [0, 0.1) is 0 Å². The summed E-state index contributed by atoms with van der Waals surface area (Å²) in [6.45, 7) is -0.0118. The summed E-state index contributed by atoms with van der Waals surface area (Å²) in [4.78, 5) is 41.1. The number of thiophene rings is 1. The Morgan fingerprint density at radius 2 is 1.74 bits per heavy atom. The van der Waals surface area contributed by atoms with Crippen LogP contribution in [-0.4, -0.2) is 36.0 Å². The number of carboxylic acid groups (broad SMARTS) is 1. The second-order valence-electron chi connectivity index (χ2n) is 8.90. The van der Waals surface area contributed by atoms with Crippen molar-refractivity contribution in [2.24, 2.45) is 0 Å². The van der Waals surface area contributed by atoms with Crippen molar-refractivity contribution >= 4 is 40.5 Å². The molecule has 1 aromatic heterocycles. The van der Waals surface area contributed by atoms with Crippen LogP contribution in [0.5, 0.6) is 5.75 Å². The number of nitrogens with zero attached hydrogens (tertiary/aromatic N) is 1. The molecule has 0 spiro atoms. The minimum absolute atomic E-state index is 0.115. The second-order valence-corrected chi connectivity index (χ2v) is 9.90. The van der Waals surface area contributed by atoms with E-state index < -0.39 is 12.6 Å². The molecule has 8 heteroatoms. The lowest BCUT2D eigenvalue weighted by atomic mass is 9.99. The van der Waals surface area contributed by atoms with Gasteiger partial charge in [0.1, 0.15) is 5.75 Å². The maximum atomic E-state index is 13.5. The summed E-state index contributed by atoms with van der Waals surface area (Å²) >= 11 is 1.64. The minimum atomic E-state index is -1.16. The molecule has 0 unspecified atom stereocenters. The highest BCUT2D eigenvalue weighted by Crippen LogP contribution is 2.34. The van der Waals surface area contributed by atoms with Gasteiger partial charge in [0.15, 0.2) is 6.61 Å². The number of aliphatic carboxylic acids is 1. The van der Waals surface area contributed by atoms with Crippen LogP contribution >= 0.6 is 11.3 Å². The predicted octanol–water partition coefficient (Wildman–Crippen LogP) is 6.11. The van der Waals surface area contributed by atoms with Crippen molar-refractivity contribution in [1.29, 1.82) is 0 Å². The van der Waals surface area contributed by atoms with E-state index in [4.69, 9.17) is 4.74 Å². The number of hydrogen-bond acceptors (Lipinski definition) is 5. The van der Waals surface area contributed by atoms with E-state index in [9.17, 15) is 19.5 Å². The summed E-state index contributed by atoms with van der Waals surface area (Å²) in [6.07, 6.45) is 2.85. The van der Waals surface area contributed by atoms with E-state index in [1.165, 1.54) is 10.9 Å². The van der Waals surface area contributed by atoms with Crippen LogP contribution in [0.1, 0.15) is 38.4 Å². The summed E-state index contributed by atoms with van der Waals surface area (Å²) in [5.41, 5.74) is 3.66. The monoisotopic (exact) mass is 526 g/mol. The Morgan fingerprint density at radius 1 is 0.947 bits per heavy atom. The van der Waals surface area contributed by atoms with Gasteiger partial charge in [-0.15, -0.1) is 11.3 Å². The molecule has 2 N–H and O–H groups in total. The molecule has 38 heavy (non-hydrogen) atoms. The molecule has 2 heterocycles. The van der Waals surface area contributed by atoms with E-state index in [2.05, 4.69) is 5.32 Å². The van der Waals surface area contributed by atoms with E-state index in [1.807, 2.05) is 53.9 Å². The van der Waals surface area contributed by atoms with E-state index in [1.54, 1.807) is 40.5 Å². The number of carboxylic acids is 1. The molecule has 1 aliphatic rings. The Hall–Kier alpha value is -4.43. The molecule has 1 aliphatic heterocycles. The van der Waals surface area contributed by atoms with Crippen molar-refractivity contribution in [3.05, 3.63) is 100 Å². The first kappa shape index (κ1) is 25.2. The minimum Gasteiger partial charge on any atom is -0.480 e. The summed E-state index contributed by atoms with van der Waals surface area (Å²) in [7, 11) is 0. The van der Waals surface area contributed by atoms with E-state index >= 15 is 0 Å². The third-order valence-electron chi connectivity index (χ3n) is 6.38. The van der Waals surface area contributed by atoms with Crippen molar-refractivity contribution in [2.75, 3.05) is 23.4 Å². The third kappa shape index (κ3) is 5.45. The maximum absolute atomic E-state index is 13.5. The summed E-state index contributed by atoms with van der Waals surface area (Å²) in [5.74, 6) is -1.62. The number of fused-ring (bicyclic) bond motifs is 1. The first-order valence-electron chi connectivity index (χ1n) is 12.3. The summed E-state index contributed by atoms with van der Waals surface area (Å²) in [5, 5.41) is 14.0. The number of nitrogens with one attached hydrogen (secondary N) is 1. The number of carbonyl (C=O) groups is 3. The Balaban J connectivity index is 1.45. The Bertz CT molecular complexity index is 1480. The van der Waals surface area contributed by atoms with Gasteiger partial charge in [0, 0.05) is 22.5 Å². The van der Waals surface area contributed by atoms with Crippen LogP contribution in [0.15, 0.2) is 84.2 Å². The standard InChI is InChI=1S/C30H26N2O5S/c33-28(34)19-37-26-18-21(30(36)32-16-7-6-12-27-25(32)15-17-38-27)13-14-24(26)31-29(35)23-11-5-4-10-22(23)20-8-2-1-3-9-20/h1-5,8-11,13-15,17-18H,6-7,12,16,19H2,(H,31,35)(H,33,34). The topological polar surface area (TPSA) is 95.9 Å². The largest absolute Gasteiger partial charge is 0.480 e. The van der Waals surface area contributed by atoms with Gasteiger partial charge in [0.25, 0.3) is 11.8 Å². The van der Waals surface area contributed by atoms with Crippen LogP contribution in [0.3, 0.4) is 0 Å². The number of ether oxygens (including phenoxy) is 1. The molecule has 5 rings (SSSR count). The van der Waals surface area contributed by atoms with Gasteiger partial charge >= 0.3 is 5.97 Å². The van der Waals surface area contributed by atoms with E-state index in [0.717, 1.165) is 36.1 Å². The second kappa shape index (κ2) is 11.3. The molecule has 7 nitrogen and oxygen atoms in total. The van der Waals surface area contributed by atoms with Gasteiger partial charge in [0.2, 0.25) is 0 Å². The van der Waals surface area contributed by atoms with Gasteiger partial charge in [-0.25, -0.2) is 4.79 Å². The van der Waals surface area contributed by atoms with Crippen molar-refractivity contribution in [1.82, 2.24) is 0 Å². The fourth-order valence-electron chi connectivity index (χ4n) is 4.56. The van der Waals surface area contributed by atoms with Crippen LogP contribution in [0.4, 0.5) is 11.4 Å². The lowest BCUT2D eigenvalue weighted by Gasteiger charge is -2.22. The summed E-state index contributed by atoms with van der Waals surface area (Å²) in [6, 6.07) is 23.5. The summed E-state index contributed by atoms with van der Waals surface area (Å²) < 4.78 is 5.52. The smallest absolute Gasteiger partial charge is 0.341 e. The zero-order valence-electron chi connectivity index (χ0n) is 20.6. The highest BCUT2D eigenvalue weighted by atomic mass is 32.1. The van der Waals surface area contributed by atoms with Crippen LogP contribution < -0.4 is 15.0 Å². The molecule has 0 radical (unpaired) electrons. The number of rotatable bonds is 7. The van der Waals surface area contributed by atoms with Gasteiger partial charge in [-0.1, -0.05) is 48.5 Å².